The molecule has 3 N–H and O–H groups in total. The smallest absolute Gasteiger partial charge is 0.305 e. The monoisotopic (exact) mass is 1080 g/mol. The summed E-state index contributed by atoms with van der Waals surface area (Å²) in [5.74, 6) is -0.0408. The van der Waals surface area contributed by atoms with E-state index in [1.165, 1.54) is 295 Å². The van der Waals surface area contributed by atoms with Crippen molar-refractivity contribution in [3.8, 4) is 0 Å². The zero-order valence-corrected chi connectivity index (χ0v) is 52.0. The van der Waals surface area contributed by atoms with Crippen molar-refractivity contribution in [3.05, 3.63) is 36.5 Å². The number of carbonyl (C=O) groups is 2. The molecule has 1 amide bonds. The molecule has 6 heteroatoms. The molecule has 0 rings (SSSR count). The van der Waals surface area contributed by atoms with Crippen LogP contribution in [-0.2, 0) is 14.3 Å². The molecule has 454 valence electrons. The molecule has 0 fully saturated rings. The van der Waals surface area contributed by atoms with Crippen molar-refractivity contribution in [2.75, 3.05) is 13.2 Å². The molecular weight excluding hydrogens is 947 g/mol. The molecule has 2 atom stereocenters. The first-order valence-electron chi connectivity index (χ1n) is 34.7. The van der Waals surface area contributed by atoms with Crippen molar-refractivity contribution in [3.63, 3.8) is 0 Å². The average molecular weight is 1080 g/mol. The van der Waals surface area contributed by atoms with Crippen LogP contribution >= 0.6 is 0 Å². The van der Waals surface area contributed by atoms with Gasteiger partial charge in [-0.2, -0.15) is 0 Å². The fraction of sp³-hybridized carbons (Fsp3) is 0.887. The zero-order chi connectivity index (χ0) is 55.7. The second kappa shape index (κ2) is 66.6. The molecule has 0 aromatic carbocycles. The van der Waals surface area contributed by atoms with Gasteiger partial charge in [0, 0.05) is 12.8 Å². The minimum atomic E-state index is -0.670. The van der Waals surface area contributed by atoms with Crippen molar-refractivity contribution < 1.29 is 24.5 Å². The van der Waals surface area contributed by atoms with E-state index in [1.54, 1.807) is 0 Å². The Morgan fingerprint density at radius 3 is 1.05 bits per heavy atom. The summed E-state index contributed by atoms with van der Waals surface area (Å²) < 4.78 is 5.47. The molecule has 0 saturated carbocycles. The number of aliphatic hydroxyl groups excluding tert-OH is 2. The molecule has 0 bridgehead atoms. The average Bonchev–Trinajstić information content (AvgIpc) is 3.43. The van der Waals surface area contributed by atoms with Crippen molar-refractivity contribution in [1.29, 1.82) is 0 Å². The number of rotatable bonds is 65. The molecule has 0 spiro atoms. The summed E-state index contributed by atoms with van der Waals surface area (Å²) in [5.41, 5.74) is 0. The second-order valence-corrected chi connectivity index (χ2v) is 23.9. The first-order valence-corrected chi connectivity index (χ1v) is 34.7. The van der Waals surface area contributed by atoms with Crippen molar-refractivity contribution in [2.45, 2.75) is 392 Å². The normalized spacial score (nSPS) is 12.7. The first-order chi connectivity index (χ1) is 38.0. The van der Waals surface area contributed by atoms with E-state index < -0.39 is 12.1 Å². The number of carbonyl (C=O) groups excluding carboxylic acids is 2. The lowest BCUT2D eigenvalue weighted by atomic mass is 10.0. The van der Waals surface area contributed by atoms with Gasteiger partial charge in [-0.15, -0.1) is 0 Å². The molecule has 0 aromatic rings. The van der Waals surface area contributed by atoms with Crippen LogP contribution < -0.4 is 5.32 Å². The molecule has 0 heterocycles. The molecular formula is C71H135NO5. The predicted molar refractivity (Wildman–Crippen MR) is 338 cm³/mol. The van der Waals surface area contributed by atoms with E-state index in [0.717, 1.165) is 51.4 Å². The number of hydrogen-bond acceptors (Lipinski definition) is 5. The highest BCUT2D eigenvalue weighted by Gasteiger charge is 2.20. The summed E-state index contributed by atoms with van der Waals surface area (Å²) in [6, 6.07) is -0.548. The number of esters is 1. The van der Waals surface area contributed by atoms with Gasteiger partial charge in [-0.1, -0.05) is 326 Å². The minimum absolute atomic E-state index is 0.00334. The van der Waals surface area contributed by atoms with Gasteiger partial charge in [0.1, 0.15) is 0 Å². The Labute approximate surface area is 481 Å². The van der Waals surface area contributed by atoms with Gasteiger partial charge in [0.05, 0.1) is 25.4 Å². The third-order valence-electron chi connectivity index (χ3n) is 16.1. The SMILES string of the molecule is CCC/C=C\C/C=C\CCCCCCCC(=O)OCCCCCCCCCCCCCC/C=C\CCCCCCCCCC(=O)NC(CO)C(O)CCCCCCCCCCCCCCCCCCCCCCCCCC. The third-order valence-corrected chi connectivity index (χ3v) is 16.1. The van der Waals surface area contributed by atoms with Gasteiger partial charge in [0.25, 0.3) is 0 Å². The highest BCUT2D eigenvalue weighted by molar-refractivity contribution is 5.76. The van der Waals surface area contributed by atoms with Crippen molar-refractivity contribution >= 4 is 11.9 Å². The van der Waals surface area contributed by atoms with Gasteiger partial charge < -0.3 is 20.3 Å². The Morgan fingerprint density at radius 1 is 0.364 bits per heavy atom. The molecule has 0 aromatic heterocycles. The van der Waals surface area contributed by atoms with Gasteiger partial charge in [-0.25, -0.2) is 0 Å². The van der Waals surface area contributed by atoms with Crippen LogP contribution in [0.5, 0.6) is 0 Å². The summed E-state index contributed by atoms with van der Waals surface area (Å²) in [6.45, 7) is 4.91. The van der Waals surface area contributed by atoms with Crippen LogP contribution in [0.2, 0.25) is 0 Å². The molecule has 6 nitrogen and oxygen atoms in total. The first kappa shape index (κ1) is 75.1. The highest BCUT2D eigenvalue weighted by atomic mass is 16.5. The van der Waals surface area contributed by atoms with Gasteiger partial charge >= 0.3 is 5.97 Å². The fourth-order valence-corrected chi connectivity index (χ4v) is 10.9. The molecule has 0 aliphatic rings. The summed E-state index contributed by atoms with van der Waals surface area (Å²) in [5, 5.41) is 23.4. The van der Waals surface area contributed by atoms with E-state index >= 15 is 0 Å². The lowest BCUT2D eigenvalue weighted by Gasteiger charge is -2.22. The number of amides is 1. The van der Waals surface area contributed by atoms with Crippen LogP contribution in [0, 0.1) is 0 Å². The Hall–Kier alpha value is -1.92. The Kier molecular flexibility index (Phi) is 64.9. The molecule has 0 aliphatic heterocycles. The van der Waals surface area contributed by atoms with Crippen LogP contribution in [0.15, 0.2) is 36.5 Å². The lowest BCUT2D eigenvalue weighted by molar-refractivity contribution is -0.143. The Balaban J connectivity index is 3.42. The number of aliphatic hydroxyl groups is 2. The molecule has 77 heavy (non-hydrogen) atoms. The summed E-state index contributed by atoms with van der Waals surface area (Å²) in [4.78, 5) is 24.6. The van der Waals surface area contributed by atoms with Gasteiger partial charge in [-0.05, 0) is 77.0 Å². The number of unbranched alkanes of at least 4 members (excludes halogenated alkanes) is 48. The van der Waals surface area contributed by atoms with Crippen LogP contribution in [0.4, 0.5) is 0 Å². The summed E-state index contributed by atoms with van der Waals surface area (Å²) in [6.07, 6.45) is 84.7. The van der Waals surface area contributed by atoms with E-state index in [-0.39, 0.29) is 18.5 Å². The van der Waals surface area contributed by atoms with Crippen molar-refractivity contribution in [1.82, 2.24) is 5.32 Å². The Morgan fingerprint density at radius 2 is 0.675 bits per heavy atom. The number of ether oxygens (including phenoxy) is 1. The minimum Gasteiger partial charge on any atom is -0.466 e. The molecule has 0 aliphatic carbocycles. The molecule has 0 radical (unpaired) electrons. The van der Waals surface area contributed by atoms with Crippen LogP contribution in [0.25, 0.3) is 0 Å². The quantitative estimate of drug-likeness (QED) is 0.0320. The largest absolute Gasteiger partial charge is 0.466 e. The topological polar surface area (TPSA) is 95.9 Å². The van der Waals surface area contributed by atoms with Crippen molar-refractivity contribution in [2.24, 2.45) is 0 Å². The molecule has 2 unspecified atom stereocenters. The van der Waals surface area contributed by atoms with Crippen LogP contribution in [0.1, 0.15) is 380 Å². The molecule has 0 saturated heterocycles. The van der Waals surface area contributed by atoms with Crippen LogP contribution in [0.3, 0.4) is 0 Å². The summed E-state index contributed by atoms with van der Waals surface area (Å²) in [7, 11) is 0. The maximum atomic E-state index is 12.5. The van der Waals surface area contributed by atoms with E-state index in [4.69, 9.17) is 4.74 Å². The zero-order valence-electron chi connectivity index (χ0n) is 52.0. The maximum Gasteiger partial charge on any atom is 0.305 e. The standard InChI is InChI=1S/C71H135NO5/c1-3-5-7-9-11-13-15-17-18-19-20-21-22-24-27-30-33-36-40-43-47-51-55-59-63-69(74)68(67-73)72-70(75)64-60-56-52-48-44-41-37-34-31-28-25-23-26-29-32-35-38-42-46-50-54-58-62-66-77-71(76)65-61-57-53-49-45-39-16-14-12-10-8-6-4-2/h8,10,14,16,28,31,68-69,73-74H,3-7,9,11-13,15,17-27,29-30,32-67H2,1-2H3,(H,72,75)/b10-8-,16-14-,31-28-. The Bertz CT molecular complexity index is 1250. The van der Waals surface area contributed by atoms with Gasteiger partial charge in [0.15, 0.2) is 0 Å². The number of hydrogen-bond donors (Lipinski definition) is 3. The maximum absolute atomic E-state index is 12.5. The number of nitrogens with one attached hydrogen (secondary N) is 1. The van der Waals surface area contributed by atoms with Gasteiger partial charge in [0.2, 0.25) is 5.91 Å². The van der Waals surface area contributed by atoms with Crippen LogP contribution in [-0.4, -0.2) is 47.4 Å². The van der Waals surface area contributed by atoms with E-state index in [2.05, 4.69) is 55.6 Å². The highest BCUT2D eigenvalue weighted by Crippen LogP contribution is 2.19. The third kappa shape index (κ3) is 63.1. The van der Waals surface area contributed by atoms with Gasteiger partial charge in [-0.3, -0.25) is 9.59 Å². The fourth-order valence-electron chi connectivity index (χ4n) is 10.9. The summed E-state index contributed by atoms with van der Waals surface area (Å²) >= 11 is 0. The second-order valence-electron chi connectivity index (χ2n) is 23.9. The van der Waals surface area contributed by atoms with E-state index in [0.29, 0.717) is 25.9 Å². The van der Waals surface area contributed by atoms with E-state index in [9.17, 15) is 19.8 Å². The lowest BCUT2D eigenvalue weighted by Crippen LogP contribution is -2.45. The van der Waals surface area contributed by atoms with E-state index in [1.807, 2.05) is 0 Å². The predicted octanol–water partition coefficient (Wildman–Crippen LogP) is 22.3. The number of allylic oxidation sites excluding steroid dienone is 6.